The van der Waals surface area contributed by atoms with E-state index in [0.29, 0.717) is 18.1 Å². The normalized spacial score (nSPS) is 11.6. The molecule has 0 saturated carbocycles. The average Bonchev–Trinajstić information content (AvgIpc) is 2.73. The number of phenols is 1. The van der Waals surface area contributed by atoms with Crippen molar-refractivity contribution in [1.82, 2.24) is 0 Å². The quantitative estimate of drug-likeness (QED) is 0.255. The van der Waals surface area contributed by atoms with Crippen LogP contribution in [-0.4, -0.2) is 16.2 Å². The fraction of sp³-hybridized carbons (Fsp3) is 0.731. The maximum absolute atomic E-state index is 10.5. The second kappa shape index (κ2) is 19.8. The molecule has 0 aliphatic rings. The van der Waals surface area contributed by atoms with Crippen molar-refractivity contribution in [2.75, 3.05) is 0 Å². The molecule has 2 N–H and O–H groups in total. The molecular formula is C26H46O3. The Morgan fingerprint density at radius 1 is 0.759 bits per heavy atom. The molecule has 0 aliphatic heterocycles. The van der Waals surface area contributed by atoms with Gasteiger partial charge in [-0.3, -0.25) is 4.79 Å². The van der Waals surface area contributed by atoms with Crippen LogP contribution in [0.15, 0.2) is 24.3 Å². The first-order valence-corrected chi connectivity index (χ1v) is 12.1. The monoisotopic (exact) mass is 406 g/mol. The van der Waals surface area contributed by atoms with Crippen molar-refractivity contribution in [2.24, 2.45) is 0 Å². The molecule has 0 heterocycles. The van der Waals surface area contributed by atoms with Crippen molar-refractivity contribution in [3.8, 4) is 5.75 Å². The van der Waals surface area contributed by atoms with Gasteiger partial charge < -0.3 is 10.2 Å². The number of carboxylic acid groups (broad SMARTS) is 1. The SMILES string of the molecule is CC.CCCCCCCCC(CCCCCCCCC(=O)O)c1ccc(O)cc1. The summed E-state index contributed by atoms with van der Waals surface area (Å²) in [5.74, 6) is 0.267. The van der Waals surface area contributed by atoms with Crippen LogP contribution in [-0.2, 0) is 4.79 Å². The van der Waals surface area contributed by atoms with Gasteiger partial charge in [0.05, 0.1) is 0 Å². The zero-order chi connectivity index (χ0) is 21.7. The summed E-state index contributed by atoms with van der Waals surface area (Å²) in [7, 11) is 0. The molecule has 0 aliphatic carbocycles. The first-order chi connectivity index (χ1) is 14.1. The molecule has 1 atom stereocenters. The summed E-state index contributed by atoms with van der Waals surface area (Å²) in [5.41, 5.74) is 1.36. The molecule has 3 heteroatoms. The van der Waals surface area contributed by atoms with Crippen molar-refractivity contribution < 1.29 is 15.0 Å². The smallest absolute Gasteiger partial charge is 0.303 e. The van der Waals surface area contributed by atoms with E-state index in [1.54, 1.807) is 0 Å². The van der Waals surface area contributed by atoms with E-state index in [9.17, 15) is 9.90 Å². The zero-order valence-electron chi connectivity index (χ0n) is 19.3. The van der Waals surface area contributed by atoms with Crippen molar-refractivity contribution in [1.29, 1.82) is 0 Å². The highest BCUT2D eigenvalue weighted by Crippen LogP contribution is 2.29. The maximum atomic E-state index is 10.5. The fourth-order valence-corrected chi connectivity index (χ4v) is 3.77. The predicted octanol–water partition coefficient (Wildman–Crippen LogP) is 8.46. The number of aromatic hydroxyl groups is 1. The largest absolute Gasteiger partial charge is 0.508 e. The van der Waals surface area contributed by atoms with E-state index in [2.05, 4.69) is 19.1 Å². The summed E-state index contributed by atoms with van der Waals surface area (Å²) in [6.45, 7) is 6.26. The molecule has 0 aromatic heterocycles. The molecule has 0 spiro atoms. The molecule has 1 rings (SSSR count). The lowest BCUT2D eigenvalue weighted by molar-refractivity contribution is -0.137. The standard InChI is InChI=1S/C24H40O3.C2H6/c1-2-3-4-5-8-11-14-21(22-17-19-23(25)20-18-22)15-12-9-6-7-10-13-16-24(26)27;1-2/h17-21,25H,2-16H2,1H3,(H,26,27);1-2H3. The van der Waals surface area contributed by atoms with Crippen molar-refractivity contribution >= 4 is 5.97 Å². The maximum Gasteiger partial charge on any atom is 0.303 e. The molecule has 0 saturated heterocycles. The molecule has 1 aromatic carbocycles. The van der Waals surface area contributed by atoms with Crippen LogP contribution in [0, 0.1) is 0 Å². The van der Waals surface area contributed by atoms with Gasteiger partial charge in [-0.15, -0.1) is 0 Å². The third-order valence-electron chi connectivity index (χ3n) is 5.46. The Kier molecular flexibility index (Phi) is 18.8. The van der Waals surface area contributed by atoms with Gasteiger partial charge in [-0.2, -0.15) is 0 Å². The van der Waals surface area contributed by atoms with Gasteiger partial charge in [0.1, 0.15) is 5.75 Å². The van der Waals surface area contributed by atoms with Gasteiger partial charge in [0.25, 0.3) is 0 Å². The first-order valence-electron chi connectivity index (χ1n) is 12.1. The summed E-state index contributed by atoms with van der Waals surface area (Å²) >= 11 is 0. The lowest BCUT2D eigenvalue weighted by Gasteiger charge is -2.18. The van der Waals surface area contributed by atoms with Gasteiger partial charge in [0, 0.05) is 6.42 Å². The van der Waals surface area contributed by atoms with Crippen molar-refractivity contribution in [2.45, 2.75) is 123 Å². The Morgan fingerprint density at radius 3 is 1.69 bits per heavy atom. The van der Waals surface area contributed by atoms with Crippen LogP contribution in [0.1, 0.15) is 129 Å². The minimum atomic E-state index is -0.679. The van der Waals surface area contributed by atoms with Gasteiger partial charge in [-0.25, -0.2) is 0 Å². The topological polar surface area (TPSA) is 57.5 Å². The van der Waals surface area contributed by atoms with E-state index in [4.69, 9.17) is 5.11 Å². The van der Waals surface area contributed by atoms with Gasteiger partial charge in [-0.1, -0.05) is 104 Å². The lowest BCUT2D eigenvalue weighted by Crippen LogP contribution is -2.00. The van der Waals surface area contributed by atoms with E-state index in [0.717, 1.165) is 19.3 Å². The molecule has 0 amide bonds. The van der Waals surface area contributed by atoms with E-state index in [1.807, 2.05) is 26.0 Å². The minimum Gasteiger partial charge on any atom is -0.508 e. The fourth-order valence-electron chi connectivity index (χ4n) is 3.77. The Labute approximate surface area is 179 Å². The second-order valence-electron chi connectivity index (χ2n) is 7.90. The first kappa shape index (κ1) is 27.5. The minimum absolute atomic E-state index is 0.307. The third kappa shape index (κ3) is 16.0. The van der Waals surface area contributed by atoms with Crippen LogP contribution in [0.3, 0.4) is 0 Å². The van der Waals surface area contributed by atoms with Crippen LogP contribution in [0.4, 0.5) is 0 Å². The number of unbranched alkanes of at least 4 members (excludes halogenated alkanes) is 10. The lowest BCUT2D eigenvalue weighted by atomic mass is 9.88. The number of aliphatic carboxylic acids is 1. The van der Waals surface area contributed by atoms with E-state index in [-0.39, 0.29) is 0 Å². The van der Waals surface area contributed by atoms with Gasteiger partial charge in [0.2, 0.25) is 0 Å². The van der Waals surface area contributed by atoms with Crippen LogP contribution < -0.4 is 0 Å². The number of rotatable bonds is 17. The van der Waals surface area contributed by atoms with Crippen LogP contribution >= 0.6 is 0 Å². The summed E-state index contributed by atoms with van der Waals surface area (Å²) in [6, 6.07) is 7.80. The number of benzene rings is 1. The van der Waals surface area contributed by atoms with E-state index >= 15 is 0 Å². The molecule has 1 unspecified atom stereocenters. The van der Waals surface area contributed by atoms with Gasteiger partial charge in [-0.05, 0) is 42.9 Å². The highest BCUT2D eigenvalue weighted by atomic mass is 16.4. The van der Waals surface area contributed by atoms with E-state index in [1.165, 1.54) is 76.2 Å². The molecule has 0 fully saturated rings. The molecular weight excluding hydrogens is 360 g/mol. The molecule has 29 heavy (non-hydrogen) atoms. The number of carboxylic acids is 1. The Balaban J connectivity index is 0.00000379. The second-order valence-corrected chi connectivity index (χ2v) is 7.90. The highest BCUT2D eigenvalue weighted by molar-refractivity contribution is 5.66. The van der Waals surface area contributed by atoms with E-state index < -0.39 is 5.97 Å². The van der Waals surface area contributed by atoms with Crippen LogP contribution in [0.2, 0.25) is 0 Å². The summed E-state index contributed by atoms with van der Waals surface area (Å²) < 4.78 is 0. The van der Waals surface area contributed by atoms with Crippen LogP contribution in [0.5, 0.6) is 5.75 Å². The molecule has 0 radical (unpaired) electrons. The van der Waals surface area contributed by atoms with Crippen molar-refractivity contribution in [3.05, 3.63) is 29.8 Å². The van der Waals surface area contributed by atoms with Crippen LogP contribution in [0.25, 0.3) is 0 Å². The van der Waals surface area contributed by atoms with Crippen molar-refractivity contribution in [3.63, 3.8) is 0 Å². The third-order valence-corrected chi connectivity index (χ3v) is 5.46. The van der Waals surface area contributed by atoms with Gasteiger partial charge in [0.15, 0.2) is 0 Å². The number of hydrogen-bond donors (Lipinski definition) is 2. The van der Waals surface area contributed by atoms with Gasteiger partial charge >= 0.3 is 5.97 Å². The summed E-state index contributed by atoms with van der Waals surface area (Å²) in [6.07, 6.45) is 17.4. The Hall–Kier alpha value is -1.51. The highest BCUT2D eigenvalue weighted by Gasteiger charge is 2.11. The number of hydrogen-bond acceptors (Lipinski definition) is 2. The number of carbonyl (C=O) groups is 1. The number of phenolic OH excluding ortho intramolecular Hbond substituents is 1. The Bertz CT molecular complexity index is 481. The molecule has 3 nitrogen and oxygen atoms in total. The molecule has 168 valence electrons. The zero-order valence-corrected chi connectivity index (χ0v) is 19.3. The Morgan fingerprint density at radius 2 is 1.21 bits per heavy atom. The summed E-state index contributed by atoms with van der Waals surface area (Å²) in [5, 5.41) is 18.2. The molecule has 1 aromatic rings. The molecule has 0 bridgehead atoms. The average molecular weight is 407 g/mol. The predicted molar refractivity (Wildman–Crippen MR) is 125 cm³/mol. The summed E-state index contributed by atoms with van der Waals surface area (Å²) in [4.78, 5) is 10.5.